The average molecular weight is 260 g/mol. The van der Waals surface area contributed by atoms with E-state index in [0.29, 0.717) is 17.2 Å². The molecule has 1 atom stereocenters. The Morgan fingerprint density at radius 3 is 2.79 bits per heavy atom. The molecule has 19 heavy (non-hydrogen) atoms. The fourth-order valence-corrected chi connectivity index (χ4v) is 1.61. The zero-order valence-corrected chi connectivity index (χ0v) is 11.7. The summed E-state index contributed by atoms with van der Waals surface area (Å²) >= 11 is 0. The number of aliphatic hydroxyl groups is 1. The Balaban J connectivity index is 2.72. The van der Waals surface area contributed by atoms with Crippen molar-refractivity contribution in [1.29, 1.82) is 0 Å². The van der Waals surface area contributed by atoms with Gasteiger partial charge in [0.15, 0.2) is 0 Å². The molecule has 1 aromatic rings. The van der Waals surface area contributed by atoms with E-state index in [1.807, 2.05) is 0 Å². The third-order valence-corrected chi connectivity index (χ3v) is 2.92. The number of amides is 1. The molecule has 1 rings (SSSR count). The Labute approximate surface area is 114 Å². The lowest BCUT2D eigenvalue weighted by atomic mass is 10.1. The molecule has 4 nitrogen and oxygen atoms in total. The van der Waals surface area contributed by atoms with Crippen LogP contribution in [0.1, 0.15) is 36.3 Å². The molecule has 1 N–H and O–H groups in total. The molecule has 0 saturated heterocycles. The van der Waals surface area contributed by atoms with Crippen LogP contribution in [-0.2, 0) is 0 Å². The summed E-state index contributed by atoms with van der Waals surface area (Å²) in [5.41, 5.74) is 1.11. The SMILES string of the molecule is CCC(C)CN(C)C(=O)c1ccc(C#CCO)cn1. The van der Waals surface area contributed by atoms with E-state index in [1.165, 1.54) is 0 Å². The van der Waals surface area contributed by atoms with Crippen molar-refractivity contribution in [3.05, 3.63) is 29.6 Å². The highest BCUT2D eigenvalue weighted by molar-refractivity contribution is 5.92. The highest BCUT2D eigenvalue weighted by Crippen LogP contribution is 2.07. The summed E-state index contributed by atoms with van der Waals surface area (Å²) in [5.74, 6) is 5.68. The van der Waals surface area contributed by atoms with Crippen LogP contribution in [-0.4, -0.2) is 41.1 Å². The first-order chi connectivity index (χ1) is 9.08. The molecule has 0 aliphatic carbocycles. The molecule has 102 valence electrons. The molecule has 0 aliphatic heterocycles. The summed E-state index contributed by atoms with van der Waals surface area (Å²) in [7, 11) is 1.79. The van der Waals surface area contributed by atoms with Gasteiger partial charge in [-0.3, -0.25) is 4.79 Å². The van der Waals surface area contributed by atoms with E-state index in [-0.39, 0.29) is 12.5 Å². The summed E-state index contributed by atoms with van der Waals surface area (Å²) in [5, 5.41) is 8.60. The molecule has 0 aliphatic rings. The van der Waals surface area contributed by atoms with Gasteiger partial charge in [0.1, 0.15) is 12.3 Å². The van der Waals surface area contributed by atoms with Gasteiger partial charge < -0.3 is 10.0 Å². The molecule has 1 heterocycles. The average Bonchev–Trinajstić information content (AvgIpc) is 2.44. The minimum Gasteiger partial charge on any atom is -0.384 e. The van der Waals surface area contributed by atoms with Gasteiger partial charge in [0.25, 0.3) is 5.91 Å². The summed E-state index contributed by atoms with van der Waals surface area (Å²) in [6, 6.07) is 3.40. The molecule has 0 saturated carbocycles. The third-order valence-electron chi connectivity index (χ3n) is 2.92. The summed E-state index contributed by atoms with van der Waals surface area (Å²) < 4.78 is 0. The molecule has 0 spiro atoms. The molecule has 1 unspecified atom stereocenters. The van der Waals surface area contributed by atoms with Gasteiger partial charge >= 0.3 is 0 Å². The van der Waals surface area contributed by atoms with Crippen molar-refractivity contribution in [1.82, 2.24) is 9.88 Å². The number of hydrogen-bond acceptors (Lipinski definition) is 3. The quantitative estimate of drug-likeness (QED) is 0.836. The van der Waals surface area contributed by atoms with Gasteiger partial charge in [0, 0.05) is 25.4 Å². The highest BCUT2D eigenvalue weighted by Gasteiger charge is 2.14. The van der Waals surface area contributed by atoms with Crippen LogP contribution in [0, 0.1) is 17.8 Å². The maximum Gasteiger partial charge on any atom is 0.272 e. The van der Waals surface area contributed by atoms with Crippen molar-refractivity contribution in [2.75, 3.05) is 20.2 Å². The van der Waals surface area contributed by atoms with Gasteiger partial charge in [-0.2, -0.15) is 0 Å². The van der Waals surface area contributed by atoms with E-state index in [2.05, 4.69) is 30.7 Å². The van der Waals surface area contributed by atoms with E-state index >= 15 is 0 Å². The fourth-order valence-electron chi connectivity index (χ4n) is 1.61. The van der Waals surface area contributed by atoms with Crippen molar-refractivity contribution in [2.24, 2.45) is 5.92 Å². The number of carbonyl (C=O) groups excluding carboxylic acids is 1. The lowest BCUT2D eigenvalue weighted by Crippen LogP contribution is -2.31. The van der Waals surface area contributed by atoms with Crippen LogP contribution in [0.15, 0.2) is 18.3 Å². The summed E-state index contributed by atoms with van der Waals surface area (Å²) in [4.78, 5) is 17.9. The van der Waals surface area contributed by atoms with Crippen molar-refractivity contribution >= 4 is 5.91 Å². The van der Waals surface area contributed by atoms with Gasteiger partial charge in [-0.25, -0.2) is 4.98 Å². The second-order valence-corrected chi connectivity index (χ2v) is 4.59. The zero-order valence-electron chi connectivity index (χ0n) is 11.7. The monoisotopic (exact) mass is 260 g/mol. The van der Waals surface area contributed by atoms with Gasteiger partial charge in [0.05, 0.1) is 0 Å². The molecule has 0 bridgehead atoms. The first kappa shape index (κ1) is 15.2. The summed E-state index contributed by atoms with van der Waals surface area (Å²) in [6.07, 6.45) is 2.59. The van der Waals surface area contributed by atoms with Crippen LogP contribution in [0.5, 0.6) is 0 Å². The number of aromatic nitrogens is 1. The molecular formula is C15H20N2O2. The second-order valence-electron chi connectivity index (χ2n) is 4.59. The van der Waals surface area contributed by atoms with Gasteiger partial charge in [0.2, 0.25) is 0 Å². The lowest BCUT2D eigenvalue weighted by Gasteiger charge is -2.20. The van der Waals surface area contributed by atoms with Gasteiger partial charge in [-0.05, 0) is 18.1 Å². The van der Waals surface area contributed by atoms with Crippen LogP contribution in [0.2, 0.25) is 0 Å². The summed E-state index contributed by atoms with van der Waals surface area (Å²) in [6.45, 7) is 4.77. The topological polar surface area (TPSA) is 53.4 Å². The van der Waals surface area contributed by atoms with E-state index < -0.39 is 0 Å². The number of hydrogen-bond donors (Lipinski definition) is 1. The normalized spacial score (nSPS) is 11.4. The first-order valence-corrected chi connectivity index (χ1v) is 6.39. The van der Waals surface area contributed by atoms with Crippen LogP contribution in [0.25, 0.3) is 0 Å². The maximum atomic E-state index is 12.1. The van der Waals surface area contributed by atoms with Crippen molar-refractivity contribution in [3.8, 4) is 11.8 Å². The first-order valence-electron chi connectivity index (χ1n) is 6.39. The van der Waals surface area contributed by atoms with Crippen LogP contribution in [0.3, 0.4) is 0 Å². The molecular weight excluding hydrogens is 240 g/mol. The van der Waals surface area contributed by atoms with Crippen LogP contribution in [0.4, 0.5) is 0 Å². The molecule has 4 heteroatoms. The minimum absolute atomic E-state index is 0.0815. The molecule has 0 radical (unpaired) electrons. The van der Waals surface area contributed by atoms with Crippen LogP contribution < -0.4 is 0 Å². The Kier molecular flexibility index (Phi) is 6.04. The highest BCUT2D eigenvalue weighted by atomic mass is 16.2. The minimum atomic E-state index is -0.182. The lowest BCUT2D eigenvalue weighted by molar-refractivity contribution is 0.0769. The van der Waals surface area contributed by atoms with Crippen LogP contribution >= 0.6 is 0 Å². The van der Waals surface area contributed by atoms with E-state index in [1.54, 1.807) is 30.3 Å². The molecule has 1 aromatic heterocycles. The van der Waals surface area contributed by atoms with Crippen molar-refractivity contribution in [3.63, 3.8) is 0 Å². The molecule has 1 amide bonds. The molecule has 0 fully saturated rings. The number of pyridine rings is 1. The predicted molar refractivity (Wildman–Crippen MR) is 74.6 cm³/mol. The second kappa shape index (κ2) is 7.55. The number of carbonyl (C=O) groups is 1. The Bertz CT molecular complexity index is 471. The number of aliphatic hydroxyl groups excluding tert-OH is 1. The van der Waals surface area contributed by atoms with E-state index in [0.717, 1.165) is 13.0 Å². The maximum absolute atomic E-state index is 12.1. The van der Waals surface area contributed by atoms with E-state index in [4.69, 9.17) is 5.11 Å². The zero-order chi connectivity index (χ0) is 14.3. The fraction of sp³-hybridized carbons (Fsp3) is 0.467. The number of rotatable bonds is 4. The van der Waals surface area contributed by atoms with Gasteiger partial charge in [-0.1, -0.05) is 32.1 Å². The Hall–Kier alpha value is -1.86. The van der Waals surface area contributed by atoms with Crippen molar-refractivity contribution in [2.45, 2.75) is 20.3 Å². The standard InChI is InChI=1S/C15H20N2O2/c1-4-12(2)11-17(3)15(19)14-8-7-13(10-16-14)6-5-9-18/h7-8,10,12,18H,4,9,11H2,1-3H3. The Morgan fingerprint density at radius 1 is 1.53 bits per heavy atom. The van der Waals surface area contributed by atoms with Crippen molar-refractivity contribution < 1.29 is 9.90 Å². The smallest absolute Gasteiger partial charge is 0.272 e. The van der Waals surface area contributed by atoms with E-state index in [9.17, 15) is 4.79 Å². The van der Waals surface area contributed by atoms with Gasteiger partial charge in [-0.15, -0.1) is 0 Å². The predicted octanol–water partition coefficient (Wildman–Crippen LogP) is 1.54. The number of nitrogens with zero attached hydrogens (tertiary/aromatic N) is 2. The largest absolute Gasteiger partial charge is 0.384 e. The molecule has 0 aromatic carbocycles. The third kappa shape index (κ3) is 4.72. The Morgan fingerprint density at radius 2 is 2.26 bits per heavy atom.